The summed E-state index contributed by atoms with van der Waals surface area (Å²) in [6.07, 6.45) is 17.5. The zero-order valence-electron chi connectivity index (χ0n) is 22.2. The second-order valence-electron chi connectivity index (χ2n) is 10.3. The van der Waals surface area contributed by atoms with Crippen molar-refractivity contribution in [1.29, 1.82) is 0 Å². The molecule has 0 fully saturated rings. The Morgan fingerprint density at radius 2 is 1.77 bits per heavy atom. The lowest BCUT2D eigenvalue weighted by molar-refractivity contribution is 0.433. The van der Waals surface area contributed by atoms with Crippen molar-refractivity contribution >= 4 is 11.2 Å². The normalized spacial score (nSPS) is 16.8. The summed E-state index contributed by atoms with van der Waals surface area (Å²) in [7, 11) is 0. The van der Waals surface area contributed by atoms with Crippen LogP contribution < -0.4 is 5.32 Å². The van der Waals surface area contributed by atoms with Crippen molar-refractivity contribution in [2.75, 3.05) is 0 Å². The number of dihydropyridines is 1. The monoisotopic (exact) mass is 471 g/mol. The summed E-state index contributed by atoms with van der Waals surface area (Å²) in [5, 5.41) is 3.07. The van der Waals surface area contributed by atoms with Crippen molar-refractivity contribution in [1.82, 2.24) is 25.3 Å². The fourth-order valence-electron chi connectivity index (χ4n) is 4.55. The molecule has 186 valence electrons. The van der Waals surface area contributed by atoms with Gasteiger partial charge in [0.25, 0.3) is 0 Å². The van der Waals surface area contributed by atoms with Gasteiger partial charge < -0.3 is 10.3 Å². The van der Waals surface area contributed by atoms with Crippen LogP contribution in [0.15, 0.2) is 73.3 Å². The lowest BCUT2D eigenvalue weighted by atomic mass is 9.78. The maximum Gasteiger partial charge on any atom is 0.177 e. The average molecular weight is 472 g/mol. The average Bonchev–Trinajstić information content (AvgIpc) is 3.34. The summed E-state index contributed by atoms with van der Waals surface area (Å²) >= 11 is 0. The number of nitrogens with one attached hydrogen (secondary N) is 2. The van der Waals surface area contributed by atoms with Crippen LogP contribution in [0.2, 0.25) is 0 Å². The van der Waals surface area contributed by atoms with Crippen molar-refractivity contribution in [3.8, 4) is 0 Å². The Hall–Kier alpha value is -3.21. The molecule has 0 spiro atoms. The predicted octanol–water partition coefficient (Wildman–Crippen LogP) is 7.44. The summed E-state index contributed by atoms with van der Waals surface area (Å²) < 4.78 is 0. The van der Waals surface area contributed by atoms with Crippen LogP contribution in [0.5, 0.6) is 0 Å². The van der Waals surface area contributed by atoms with Crippen LogP contribution in [0.1, 0.15) is 82.9 Å². The quantitative estimate of drug-likeness (QED) is 0.416. The number of hydrogen-bond donors (Lipinski definition) is 2. The van der Waals surface area contributed by atoms with Gasteiger partial charge in [0.2, 0.25) is 0 Å². The van der Waals surface area contributed by atoms with Crippen molar-refractivity contribution in [3.05, 3.63) is 89.9 Å². The smallest absolute Gasteiger partial charge is 0.177 e. The highest BCUT2D eigenvalue weighted by molar-refractivity contribution is 5.74. The van der Waals surface area contributed by atoms with Gasteiger partial charge >= 0.3 is 0 Å². The summed E-state index contributed by atoms with van der Waals surface area (Å²) in [5.41, 5.74) is 8.46. The van der Waals surface area contributed by atoms with Gasteiger partial charge in [-0.1, -0.05) is 54.2 Å². The van der Waals surface area contributed by atoms with Crippen molar-refractivity contribution in [3.63, 3.8) is 0 Å². The van der Waals surface area contributed by atoms with E-state index in [-0.39, 0.29) is 0 Å². The number of H-pyrrole nitrogens is 1. The summed E-state index contributed by atoms with van der Waals surface area (Å²) in [4.78, 5) is 15.5. The van der Waals surface area contributed by atoms with E-state index in [1.54, 1.807) is 18.1 Å². The maximum atomic E-state index is 4.19. The highest BCUT2D eigenvalue weighted by atomic mass is 14.9. The Balaban J connectivity index is 0.000000148. The molecule has 0 radical (unpaired) electrons. The van der Waals surface area contributed by atoms with Gasteiger partial charge in [0, 0.05) is 30.5 Å². The van der Waals surface area contributed by atoms with E-state index in [9.17, 15) is 0 Å². The van der Waals surface area contributed by atoms with Crippen molar-refractivity contribution < 1.29 is 0 Å². The molecular formula is C30H41N5. The van der Waals surface area contributed by atoms with Gasteiger partial charge in [-0.3, -0.25) is 4.98 Å². The van der Waals surface area contributed by atoms with Crippen LogP contribution in [-0.2, 0) is 6.42 Å². The summed E-state index contributed by atoms with van der Waals surface area (Å²) in [5.74, 6) is 2.64. The van der Waals surface area contributed by atoms with Gasteiger partial charge in [-0.2, -0.15) is 0 Å². The molecule has 0 bridgehead atoms. The van der Waals surface area contributed by atoms with Crippen molar-refractivity contribution in [2.24, 2.45) is 11.8 Å². The van der Waals surface area contributed by atoms with Crippen LogP contribution >= 0.6 is 0 Å². The number of pyridine rings is 2. The molecule has 0 saturated heterocycles. The van der Waals surface area contributed by atoms with E-state index in [0.29, 0.717) is 11.8 Å². The molecule has 2 aliphatic rings. The van der Waals surface area contributed by atoms with Gasteiger partial charge in [0.15, 0.2) is 5.65 Å². The van der Waals surface area contributed by atoms with E-state index in [0.717, 1.165) is 28.7 Å². The Labute approximate surface area is 210 Å². The Bertz CT molecular complexity index is 1170. The second kappa shape index (κ2) is 12.5. The number of hydrogen-bond acceptors (Lipinski definition) is 4. The molecule has 4 heterocycles. The molecule has 1 unspecified atom stereocenters. The number of imidazole rings is 1. The number of allylic oxidation sites excluding steroid dienone is 3. The molecule has 5 heteroatoms. The highest BCUT2D eigenvalue weighted by Gasteiger charge is 2.22. The third kappa shape index (κ3) is 7.14. The number of aromatic nitrogens is 4. The molecule has 0 amide bonds. The Morgan fingerprint density at radius 3 is 2.43 bits per heavy atom. The zero-order valence-corrected chi connectivity index (χ0v) is 22.2. The second-order valence-corrected chi connectivity index (χ2v) is 10.3. The standard InChI is InChI=1S/C12H17N.C9H11N3.C9H13N/c1-9(2)11-5-3-4-10-8-13-7-6-12(10)11;1-6(2)7-3-4-10-9-8(7)11-5-12-9;1-7(2)9-5-4-8(3)10-6-9/h6-9,11H,3-5H2,1-2H3;3-6H,1-2H3,(H,10,11,12);4-7,10H,3H2,1-2H3. The first-order valence-electron chi connectivity index (χ1n) is 12.8. The number of fused-ring (bicyclic) bond motifs is 2. The van der Waals surface area contributed by atoms with Crippen LogP contribution in [-0.4, -0.2) is 19.9 Å². The number of rotatable bonds is 3. The number of nitrogens with zero attached hydrogens (tertiary/aromatic N) is 3. The van der Waals surface area contributed by atoms with Gasteiger partial charge in [-0.15, -0.1) is 0 Å². The van der Waals surface area contributed by atoms with E-state index in [2.05, 4.69) is 85.5 Å². The topological polar surface area (TPSA) is 66.5 Å². The lowest BCUT2D eigenvalue weighted by Crippen LogP contribution is -2.14. The highest BCUT2D eigenvalue weighted by Crippen LogP contribution is 2.35. The first-order valence-corrected chi connectivity index (χ1v) is 12.8. The first kappa shape index (κ1) is 26.4. The van der Waals surface area contributed by atoms with Crippen LogP contribution in [0.4, 0.5) is 0 Å². The number of aromatic amines is 1. The van der Waals surface area contributed by atoms with E-state index in [1.165, 1.54) is 36.0 Å². The van der Waals surface area contributed by atoms with Gasteiger partial charge in [0.05, 0.1) is 11.8 Å². The zero-order chi connectivity index (χ0) is 25.4. The van der Waals surface area contributed by atoms with Crippen LogP contribution in [0, 0.1) is 11.8 Å². The third-order valence-corrected chi connectivity index (χ3v) is 6.66. The molecule has 35 heavy (non-hydrogen) atoms. The molecule has 5 nitrogen and oxygen atoms in total. The summed E-state index contributed by atoms with van der Waals surface area (Å²) in [6, 6.07) is 4.24. The molecule has 1 aliphatic carbocycles. The van der Waals surface area contributed by atoms with Gasteiger partial charge in [0.1, 0.15) is 0 Å². The van der Waals surface area contributed by atoms with E-state index in [1.807, 2.05) is 30.7 Å². The van der Waals surface area contributed by atoms with Crippen molar-refractivity contribution in [2.45, 2.75) is 72.6 Å². The first-order chi connectivity index (χ1) is 16.8. The fourth-order valence-corrected chi connectivity index (χ4v) is 4.55. The third-order valence-electron chi connectivity index (χ3n) is 6.66. The molecule has 3 aromatic heterocycles. The van der Waals surface area contributed by atoms with Crippen LogP contribution in [0.25, 0.3) is 11.2 Å². The minimum absolute atomic E-state index is 0.510. The lowest BCUT2D eigenvalue weighted by Gasteiger charge is -2.27. The van der Waals surface area contributed by atoms with Gasteiger partial charge in [-0.25, -0.2) is 9.97 Å². The largest absolute Gasteiger partial charge is 0.362 e. The Kier molecular flexibility index (Phi) is 9.41. The number of aryl methyl sites for hydroxylation is 1. The minimum Gasteiger partial charge on any atom is -0.362 e. The molecule has 5 rings (SSSR count). The fraction of sp³-hybridized carbons (Fsp3) is 0.433. The molecule has 0 aromatic carbocycles. The van der Waals surface area contributed by atoms with Gasteiger partial charge in [-0.05, 0) is 83.4 Å². The molecule has 0 saturated carbocycles. The van der Waals surface area contributed by atoms with E-state index >= 15 is 0 Å². The summed E-state index contributed by atoms with van der Waals surface area (Å²) in [6.45, 7) is 17.1. The minimum atomic E-state index is 0.510. The predicted molar refractivity (Wildman–Crippen MR) is 147 cm³/mol. The molecule has 1 atom stereocenters. The molecular weight excluding hydrogens is 430 g/mol. The molecule has 2 N–H and O–H groups in total. The van der Waals surface area contributed by atoms with E-state index in [4.69, 9.17) is 0 Å². The molecule has 1 aliphatic heterocycles. The SMILES string of the molecule is C=C1C=CC(C(C)C)=CN1.CC(C)C1CCCc2cnccc21.CC(C)c1ccnc2nc[nH]c12. The van der Waals surface area contributed by atoms with Crippen LogP contribution in [0.3, 0.4) is 0 Å². The van der Waals surface area contributed by atoms with E-state index < -0.39 is 0 Å². The maximum absolute atomic E-state index is 4.19. The Morgan fingerprint density at radius 1 is 0.971 bits per heavy atom. The molecule has 3 aromatic rings.